The van der Waals surface area contributed by atoms with Crippen molar-refractivity contribution in [1.82, 2.24) is 0 Å². The average Bonchev–Trinajstić information content (AvgIpc) is 2.48. The quantitative estimate of drug-likeness (QED) is 0.874. The number of thioether (sulfide) groups is 1. The molecule has 0 unspecified atom stereocenters. The molecule has 0 aliphatic carbocycles. The molecule has 0 radical (unpaired) electrons. The molecule has 3 N–H and O–H groups in total. The van der Waals surface area contributed by atoms with Crippen LogP contribution in [0.5, 0.6) is 0 Å². The maximum atomic E-state index is 12.5. The molecule has 0 saturated carbocycles. The summed E-state index contributed by atoms with van der Waals surface area (Å²) >= 11 is 1.90. The van der Waals surface area contributed by atoms with Crippen LogP contribution in [0.2, 0.25) is 0 Å². The number of ether oxygens (including phenoxy) is 1. The van der Waals surface area contributed by atoms with E-state index in [2.05, 4.69) is 32.2 Å². The first kappa shape index (κ1) is 17.3. The molecule has 4 nitrogen and oxygen atoms in total. The molecule has 1 heterocycles. The summed E-state index contributed by atoms with van der Waals surface area (Å²) in [6.07, 6.45) is 1.14. The Hall–Kier alpha value is -1.04. The normalized spacial score (nSPS) is 17.5. The van der Waals surface area contributed by atoms with Crippen LogP contribution in [-0.2, 0) is 15.3 Å². The van der Waals surface area contributed by atoms with E-state index in [0.29, 0.717) is 31.3 Å². The van der Waals surface area contributed by atoms with Gasteiger partial charge in [-0.3, -0.25) is 4.79 Å². The number of benzene rings is 1. The van der Waals surface area contributed by atoms with E-state index >= 15 is 0 Å². The second-order valence-electron chi connectivity index (χ2n) is 6.17. The molecule has 1 aromatic carbocycles. The van der Waals surface area contributed by atoms with Crippen molar-refractivity contribution in [2.24, 2.45) is 5.73 Å². The topological polar surface area (TPSA) is 64.4 Å². The number of anilines is 1. The van der Waals surface area contributed by atoms with E-state index in [0.717, 1.165) is 17.0 Å². The van der Waals surface area contributed by atoms with Gasteiger partial charge in [0.1, 0.15) is 5.54 Å². The molecule has 0 bridgehead atoms. The highest BCUT2D eigenvalue weighted by Crippen LogP contribution is 2.26. The number of nitrogens with one attached hydrogen (secondary N) is 1. The molecule has 1 aliphatic rings. The van der Waals surface area contributed by atoms with Gasteiger partial charge in [-0.15, -0.1) is 0 Å². The van der Waals surface area contributed by atoms with Gasteiger partial charge in [-0.05, 0) is 42.2 Å². The molecular weight excluding hydrogens is 296 g/mol. The third-order valence-corrected chi connectivity index (χ3v) is 5.25. The Morgan fingerprint density at radius 3 is 2.73 bits per heavy atom. The highest BCUT2D eigenvalue weighted by Gasteiger charge is 2.36. The lowest BCUT2D eigenvalue weighted by molar-refractivity contribution is -0.124. The predicted molar refractivity (Wildman–Crippen MR) is 93.2 cm³/mol. The zero-order valence-corrected chi connectivity index (χ0v) is 14.5. The van der Waals surface area contributed by atoms with Crippen molar-refractivity contribution in [2.45, 2.75) is 50.2 Å². The van der Waals surface area contributed by atoms with Crippen LogP contribution in [0.4, 0.5) is 5.69 Å². The van der Waals surface area contributed by atoms with Gasteiger partial charge in [0.15, 0.2) is 0 Å². The third-order valence-electron chi connectivity index (χ3n) is 4.10. The Morgan fingerprint density at radius 2 is 2.09 bits per heavy atom. The van der Waals surface area contributed by atoms with Crippen molar-refractivity contribution in [3.63, 3.8) is 0 Å². The second-order valence-corrected chi connectivity index (χ2v) is 7.74. The molecule has 22 heavy (non-hydrogen) atoms. The van der Waals surface area contributed by atoms with E-state index < -0.39 is 5.54 Å². The number of rotatable bonds is 5. The summed E-state index contributed by atoms with van der Waals surface area (Å²) in [5, 5.41) is 3.61. The minimum atomic E-state index is -0.812. The van der Waals surface area contributed by atoms with Crippen LogP contribution >= 0.6 is 11.8 Å². The SMILES string of the molecule is Cc1c(CSC(C)C)cccc1NC(=O)C1(N)CCOCC1. The van der Waals surface area contributed by atoms with Gasteiger partial charge < -0.3 is 15.8 Å². The summed E-state index contributed by atoms with van der Waals surface area (Å²) < 4.78 is 5.30. The van der Waals surface area contributed by atoms with Gasteiger partial charge in [0.05, 0.1) is 0 Å². The summed E-state index contributed by atoms with van der Waals surface area (Å²) in [6, 6.07) is 6.05. The lowest BCUT2D eigenvalue weighted by atomic mass is 9.90. The lowest BCUT2D eigenvalue weighted by Gasteiger charge is -2.32. The Bertz CT molecular complexity index is 525. The number of hydrogen-bond donors (Lipinski definition) is 2. The number of nitrogens with two attached hydrogens (primary N) is 1. The highest BCUT2D eigenvalue weighted by molar-refractivity contribution is 7.99. The molecule has 1 fully saturated rings. The van der Waals surface area contributed by atoms with E-state index in [4.69, 9.17) is 10.5 Å². The Morgan fingerprint density at radius 1 is 1.41 bits per heavy atom. The molecular formula is C17H26N2O2S. The fourth-order valence-electron chi connectivity index (χ4n) is 2.44. The zero-order chi connectivity index (χ0) is 16.2. The molecule has 1 saturated heterocycles. The Kier molecular flexibility index (Phi) is 5.89. The second kappa shape index (κ2) is 7.49. The molecule has 0 atom stereocenters. The van der Waals surface area contributed by atoms with Crippen molar-refractivity contribution in [3.05, 3.63) is 29.3 Å². The summed E-state index contributed by atoms with van der Waals surface area (Å²) in [5.41, 5.74) is 8.68. The van der Waals surface area contributed by atoms with Crippen LogP contribution in [-0.4, -0.2) is 29.9 Å². The molecule has 0 aromatic heterocycles. The fourth-order valence-corrected chi connectivity index (χ4v) is 3.27. The fraction of sp³-hybridized carbons (Fsp3) is 0.588. The van der Waals surface area contributed by atoms with Crippen molar-refractivity contribution in [1.29, 1.82) is 0 Å². The molecule has 2 rings (SSSR count). The Labute approximate surface area is 137 Å². The molecule has 1 aromatic rings. The average molecular weight is 322 g/mol. The molecule has 1 aliphatic heterocycles. The van der Waals surface area contributed by atoms with Gasteiger partial charge >= 0.3 is 0 Å². The zero-order valence-electron chi connectivity index (χ0n) is 13.6. The minimum absolute atomic E-state index is 0.104. The van der Waals surface area contributed by atoms with Gasteiger partial charge in [0.25, 0.3) is 0 Å². The van der Waals surface area contributed by atoms with Crippen LogP contribution < -0.4 is 11.1 Å². The first-order valence-corrected chi connectivity index (χ1v) is 8.85. The van der Waals surface area contributed by atoms with Crippen molar-refractivity contribution in [3.8, 4) is 0 Å². The molecule has 1 amide bonds. The van der Waals surface area contributed by atoms with E-state index in [9.17, 15) is 4.79 Å². The molecule has 122 valence electrons. The number of carbonyl (C=O) groups excluding carboxylic acids is 1. The van der Waals surface area contributed by atoms with E-state index in [1.165, 1.54) is 5.56 Å². The van der Waals surface area contributed by atoms with Crippen molar-refractivity contribution < 1.29 is 9.53 Å². The van der Waals surface area contributed by atoms with E-state index in [1.807, 2.05) is 23.9 Å². The van der Waals surface area contributed by atoms with Crippen LogP contribution in [0.25, 0.3) is 0 Å². The predicted octanol–water partition coefficient (Wildman–Crippen LogP) is 3.08. The minimum Gasteiger partial charge on any atom is -0.381 e. The van der Waals surface area contributed by atoms with Gasteiger partial charge in [0.2, 0.25) is 5.91 Å². The summed E-state index contributed by atoms with van der Waals surface area (Å²) in [7, 11) is 0. The van der Waals surface area contributed by atoms with Crippen LogP contribution in [0.3, 0.4) is 0 Å². The van der Waals surface area contributed by atoms with Gasteiger partial charge in [0, 0.05) is 24.7 Å². The number of hydrogen-bond acceptors (Lipinski definition) is 4. The highest BCUT2D eigenvalue weighted by atomic mass is 32.2. The van der Waals surface area contributed by atoms with Gasteiger partial charge in [-0.25, -0.2) is 0 Å². The maximum Gasteiger partial charge on any atom is 0.244 e. The first-order chi connectivity index (χ1) is 10.4. The molecule has 0 spiro atoms. The van der Waals surface area contributed by atoms with Gasteiger partial charge in [-0.2, -0.15) is 11.8 Å². The summed E-state index contributed by atoms with van der Waals surface area (Å²) in [4.78, 5) is 12.5. The largest absolute Gasteiger partial charge is 0.381 e. The maximum absolute atomic E-state index is 12.5. The Balaban J connectivity index is 2.09. The van der Waals surface area contributed by atoms with Crippen LogP contribution in [0, 0.1) is 6.92 Å². The van der Waals surface area contributed by atoms with Crippen LogP contribution in [0.15, 0.2) is 18.2 Å². The lowest BCUT2D eigenvalue weighted by Crippen LogP contribution is -2.54. The number of carbonyl (C=O) groups is 1. The molecule has 5 heteroatoms. The third kappa shape index (κ3) is 4.24. The summed E-state index contributed by atoms with van der Waals surface area (Å²) in [5.74, 6) is 0.849. The van der Waals surface area contributed by atoms with Crippen molar-refractivity contribution in [2.75, 3.05) is 18.5 Å². The monoisotopic (exact) mass is 322 g/mol. The summed E-state index contributed by atoms with van der Waals surface area (Å²) in [6.45, 7) is 7.53. The smallest absolute Gasteiger partial charge is 0.244 e. The number of amides is 1. The standard InChI is InChI=1S/C17H26N2O2S/c1-12(2)22-11-14-5-4-6-15(13(14)3)19-16(20)17(18)7-9-21-10-8-17/h4-6,12H,7-11,18H2,1-3H3,(H,19,20). The van der Waals surface area contributed by atoms with Crippen LogP contribution in [0.1, 0.15) is 37.8 Å². The van der Waals surface area contributed by atoms with E-state index in [1.54, 1.807) is 0 Å². The van der Waals surface area contributed by atoms with Gasteiger partial charge in [-0.1, -0.05) is 26.0 Å². The first-order valence-electron chi connectivity index (χ1n) is 7.80. The van der Waals surface area contributed by atoms with Crippen molar-refractivity contribution >= 4 is 23.4 Å². The van der Waals surface area contributed by atoms with E-state index in [-0.39, 0.29) is 5.91 Å².